The minimum absolute atomic E-state index is 0.390. The molecule has 1 fully saturated rings. The largest absolute Gasteiger partial charge is 0.463 e. The number of aliphatic hydroxyl groups is 3. The summed E-state index contributed by atoms with van der Waals surface area (Å²) < 4.78 is 12.1. The van der Waals surface area contributed by atoms with Gasteiger partial charge in [-0.1, -0.05) is 0 Å². The standard InChI is InChI=1S/C14H18INO6/c1-7(18)16-11-13(20)12(19)10(6-17)22-14(11)21-9-4-2-8(15)3-5-9/h2-5,10-14,17,19-20H,6H2,1H3,(H,16,18)/t10-,11+,12+,13-,14-/m0/s1. The van der Waals surface area contributed by atoms with Crippen LogP contribution in [0.15, 0.2) is 24.3 Å². The predicted octanol–water partition coefficient (Wildman–Crippen LogP) is -0.386. The molecule has 2 rings (SSSR count). The Hall–Kier alpha value is -0.940. The van der Waals surface area contributed by atoms with Crippen LogP contribution in [-0.2, 0) is 9.53 Å². The molecule has 1 aromatic carbocycles. The number of rotatable bonds is 4. The van der Waals surface area contributed by atoms with Gasteiger partial charge >= 0.3 is 0 Å². The van der Waals surface area contributed by atoms with Gasteiger partial charge in [0.1, 0.15) is 30.1 Å². The van der Waals surface area contributed by atoms with E-state index >= 15 is 0 Å². The van der Waals surface area contributed by atoms with Gasteiger partial charge in [-0.25, -0.2) is 0 Å². The van der Waals surface area contributed by atoms with Crippen molar-refractivity contribution in [3.8, 4) is 5.75 Å². The maximum absolute atomic E-state index is 11.3. The number of nitrogens with one attached hydrogen (secondary N) is 1. The van der Waals surface area contributed by atoms with Gasteiger partial charge < -0.3 is 30.1 Å². The minimum atomic E-state index is -1.32. The molecule has 0 spiro atoms. The first kappa shape index (κ1) is 17.4. The molecule has 7 nitrogen and oxygen atoms in total. The fraction of sp³-hybridized carbons (Fsp3) is 0.500. The molecule has 1 aliphatic rings. The number of hydrogen-bond acceptors (Lipinski definition) is 6. The van der Waals surface area contributed by atoms with Crippen LogP contribution in [0.2, 0.25) is 0 Å². The normalized spacial score (nSPS) is 31.6. The van der Waals surface area contributed by atoms with E-state index in [1.807, 2.05) is 12.1 Å². The van der Waals surface area contributed by atoms with E-state index in [-0.39, 0.29) is 0 Å². The molecule has 1 heterocycles. The summed E-state index contributed by atoms with van der Waals surface area (Å²) in [5.74, 6) is 0.0968. The van der Waals surface area contributed by atoms with E-state index in [1.54, 1.807) is 12.1 Å². The Morgan fingerprint density at radius 2 is 1.95 bits per heavy atom. The summed E-state index contributed by atoms with van der Waals surface area (Å²) in [6.45, 7) is 0.816. The second-order valence-corrected chi connectivity index (χ2v) is 6.25. The molecule has 0 aromatic heterocycles. The average Bonchev–Trinajstić information content (AvgIpc) is 2.48. The molecule has 0 unspecified atom stereocenters. The zero-order valence-electron chi connectivity index (χ0n) is 11.8. The lowest BCUT2D eigenvalue weighted by Gasteiger charge is -2.42. The number of amides is 1. The van der Waals surface area contributed by atoms with Gasteiger partial charge in [0.05, 0.1) is 6.61 Å². The number of carbonyl (C=O) groups is 1. The third-order valence-electron chi connectivity index (χ3n) is 3.32. The number of aliphatic hydroxyl groups excluding tert-OH is 3. The summed E-state index contributed by atoms with van der Waals surface area (Å²) in [7, 11) is 0. The van der Waals surface area contributed by atoms with Gasteiger partial charge in [0.2, 0.25) is 12.2 Å². The summed E-state index contributed by atoms with van der Waals surface area (Å²) in [6, 6.07) is 6.17. The first-order chi connectivity index (χ1) is 10.4. The van der Waals surface area contributed by atoms with Crippen molar-refractivity contribution >= 4 is 28.5 Å². The zero-order chi connectivity index (χ0) is 16.3. The van der Waals surface area contributed by atoms with Gasteiger partial charge in [-0.15, -0.1) is 0 Å². The first-order valence-electron chi connectivity index (χ1n) is 6.74. The van der Waals surface area contributed by atoms with E-state index in [0.717, 1.165) is 3.57 Å². The van der Waals surface area contributed by atoms with Gasteiger partial charge in [0.15, 0.2) is 0 Å². The van der Waals surface area contributed by atoms with Gasteiger partial charge in [0.25, 0.3) is 0 Å². The molecule has 22 heavy (non-hydrogen) atoms. The van der Waals surface area contributed by atoms with E-state index < -0.39 is 43.2 Å². The molecule has 1 saturated heterocycles. The second kappa shape index (κ2) is 7.55. The highest BCUT2D eigenvalue weighted by molar-refractivity contribution is 14.1. The molecular formula is C14H18INO6. The molecule has 0 saturated carbocycles. The average molecular weight is 423 g/mol. The second-order valence-electron chi connectivity index (χ2n) is 5.00. The van der Waals surface area contributed by atoms with Crippen LogP contribution in [0.3, 0.4) is 0 Å². The highest BCUT2D eigenvalue weighted by atomic mass is 127. The Morgan fingerprint density at radius 3 is 2.50 bits per heavy atom. The van der Waals surface area contributed by atoms with Crippen molar-refractivity contribution in [2.45, 2.75) is 37.6 Å². The predicted molar refractivity (Wildman–Crippen MR) is 85.2 cm³/mol. The molecule has 1 aromatic rings. The van der Waals surface area contributed by atoms with Crippen LogP contribution < -0.4 is 10.1 Å². The number of hydrogen-bond donors (Lipinski definition) is 4. The van der Waals surface area contributed by atoms with E-state index in [9.17, 15) is 20.1 Å². The van der Waals surface area contributed by atoms with Crippen molar-refractivity contribution in [1.82, 2.24) is 5.32 Å². The lowest BCUT2D eigenvalue weighted by atomic mass is 9.97. The van der Waals surface area contributed by atoms with Gasteiger partial charge in [-0.3, -0.25) is 4.79 Å². The van der Waals surface area contributed by atoms with Gasteiger partial charge in [0, 0.05) is 10.5 Å². The maximum Gasteiger partial charge on any atom is 0.223 e. The highest BCUT2D eigenvalue weighted by Crippen LogP contribution is 2.24. The Kier molecular flexibility index (Phi) is 5.98. The van der Waals surface area contributed by atoms with Gasteiger partial charge in [-0.2, -0.15) is 0 Å². The Balaban J connectivity index is 2.18. The molecule has 1 amide bonds. The Bertz CT molecular complexity index is 511. The lowest BCUT2D eigenvalue weighted by molar-refractivity contribution is -0.244. The van der Waals surface area contributed by atoms with Crippen molar-refractivity contribution in [3.63, 3.8) is 0 Å². The smallest absolute Gasteiger partial charge is 0.223 e. The summed E-state index contributed by atoms with van der Waals surface area (Å²) in [5.41, 5.74) is 0. The summed E-state index contributed by atoms with van der Waals surface area (Å²) in [5, 5.41) is 31.8. The monoisotopic (exact) mass is 423 g/mol. The van der Waals surface area contributed by atoms with Crippen molar-refractivity contribution < 1.29 is 29.6 Å². The summed E-state index contributed by atoms with van der Waals surface area (Å²) in [6.07, 6.45) is -4.66. The summed E-state index contributed by atoms with van der Waals surface area (Å²) >= 11 is 2.15. The molecular weight excluding hydrogens is 405 g/mol. The third-order valence-corrected chi connectivity index (χ3v) is 4.04. The number of benzene rings is 1. The Morgan fingerprint density at radius 1 is 1.32 bits per heavy atom. The van der Waals surface area contributed by atoms with Crippen LogP contribution in [0, 0.1) is 3.57 Å². The molecule has 0 aliphatic carbocycles. The van der Waals surface area contributed by atoms with Crippen molar-refractivity contribution in [2.24, 2.45) is 0 Å². The fourth-order valence-corrected chi connectivity index (χ4v) is 2.58. The van der Waals surface area contributed by atoms with Crippen LogP contribution in [-0.4, -0.2) is 58.5 Å². The van der Waals surface area contributed by atoms with E-state index in [4.69, 9.17) is 9.47 Å². The maximum atomic E-state index is 11.3. The molecule has 4 N–H and O–H groups in total. The van der Waals surface area contributed by atoms with Crippen molar-refractivity contribution in [3.05, 3.63) is 27.8 Å². The lowest BCUT2D eigenvalue weighted by Crippen LogP contribution is -2.65. The van der Waals surface area contributed by atoms with E-state index in [2.05, 4.69) is 27.9 Å². The first-order valence-corrected chi connectivity index (χ1v) is 7.82. The zero-order valence-corrected chi connectivity index (χ0v) is 14.0. The van der Waals surface area contributed by atoms with Crippen molar-refractivity contribution in [2.75, 3.05) is 6.61 Å². The van der Waals surface area contributed by atoms with Gasteiger partial charge in [-0.05, 0) is 46.9 Å². The van der Waals surface area contributed by atoms with Crippen LogP contribution in [0.1, 0.15) is 6.92 Å². The van der Waals surface area contributed by atoms with Crippen LogP contribution >= 0.6 is 22.6 Å². The number of ether oxygens (including phenoxy) is 2. The quantitative estimate of drug-likeness (QED) is 0.492. The Labute approximate surface area is 141 Å². The minimum Gasteiger partial charge on any atom is -0.463 e. The van der Waals surface area contributed by atoms with Crippen LogP contribution in [0.5, 0.6) is 5.75 Å². The topological polar surface area (TPSA) is 108 Å². The SMILES string of the molecule is CC(=O)N[C@H]1[C@@H](Oc2ccc(I)cc2)O[C@@H](CO)[C@@H](O)[C@H]1O. The summed E-state index contributed by atoms with van der Waals surface area (Å²) in [4.78, 5) is 11.3. The van der Waals surface area contributed by atoms with E-state index in [0.29, 0.717) is 5.75 Å². The highest BCUT2D eigenvalue weighted by Gasteiger charge is 2.46. The molecule has 0 radical (unpaired) electrons. The molecule has 0 bridgehead atoms. The molecule has 122 valence electrons. The van der Waals surface area contributed by atoms with E-state index in [1.165, 1.54) is 6.92 Å². The molecule has 5 atom stereocenters. The van der Waals surface area contributed by atoms with Crippen molar-refractivity contribution in [1.29, 1.82) is 0 Å². The number of halogens is 1. The van der Waals surface area contributed by atoms with Crippen LogP contribution in [0.4, 0.5) is 0 Å². The molecule has 8 heteroatoms. The fourth-order valence-electron chi connectivity index (χ4n) is 2.22. The third kappa shape index (κ3) is 4.07. The van der Waals surface area contributed by atoms with Crippen LogP contribution in [0.25, 0.3) is 0 Å². The number of carbonyl (C=O) groups excluding carboxylic acids is 1. The molecule has 1 aliphatic heterocycles.